The highest BCUT2D eigenvalue weighted by atomic mass is 16.3. The topological polar surface area (TPSA) is 119 Å². The van der Waals surface area contributed by atoms with Crippen LogP contribution in [0.5, 0.6) is 0 Å². The van der Waals surface area contributed by atoms with Crippen molar-refractivity contribution in [3.63, 3.8) is 0 Å². The Kier molecular flexibility index (Phi) is 8.47. The Hall–Kier alpha value is -1.44. The van der Waals surface area contributed by atoms with Crippen LogP contribution in [0.1, 0.15) is 85.5 Å². The molecule has 0 saturated heterocycles. The quantitative estimate of drug-likeness (QED) is 0.250. The monoisotopic (exact) mass is 518 g/mol. The summed E-state index contributed by atoms with van der Waals surface area (Å²) in [6, 6.07) is 0. The molecule has 37 heavy (non-hydrogen) atoms. The average molecular weight is 519 g/mol. The van der Waals surface area contributed by atoms with Crippen LogP contribution in [0.25, 0.3) is 0 Å². The van der Waals surface area contributed by atoms with Gasteiger partial charge in [0.25, 0.3) is 0 Å². The summed E-state index contributed by atoms with van der Waals surface area (Å²) in [6.07, 6.45) is 6.30. The van der Waals surface area contributed by atoms with Crippen LogP contribution in [-0.2, 0) is 9.59 Å². The van der Waals surface area contributed by atoms with Crippen molar-refractivity contribution in [3.8, 4) is 0 Å². The van der Waals surface area contributed by atoms with E-state index in [1.165, 1.54) is 0 Å². The highest BCUT2D eigenvalue weighted by Crippen LogP contribution is 2.68. The fourth-order valence-corrected chi connectivity index (χ4v) is 9.31. The summed E-state index contributed by atoms with van der Waals surface area (Å²) in [4.78, 5) is 24.0. The Labute approximate surface area is 222 Å². The van der Waals surface area contributed by atoms with Gasteiger partial charge in [0.1, 0.15) is 0 Å². The Bertz CT molecular complexity index is 878. The first-order valence-electron chi connectivity index (χ1n) is 14.6. The summed E-state index contributed by atoms with van der Waals surface area (Å²) in [7, 11) is 0. The smallest absolute Gasteiger partial charge is 0.246 e. The Morgan fingerprint density at radius 1 is 1.00 bits per heavy atom. The fraction of sp³-hybridized carbons (Fsp3) is 0.867. The predicted molar refractivity (Wildman–Crippen MR) is 143 cm³/mol. The van der Waals surface area contributed by atoms with Crippen LogP contribution >= 0.6 is 0 Å². The number of fused-ring (bicyclic) bond motifs is 5. The normalized spacial score (nSPS) is 43.6. The molecule has 4 saturated carbocycles. The molecule has 210 valence electrons. The lowest BCUT2D eigenvalue weighted by molar-refractivity contribution is -0.207. The molecule has 4 fully saturated rings. The minimum atomic E-state index is -0.408. The van der Waals surface area contributed by atoms with E-state index in [1.54, 1.807) is 6.92 Å². The standard InChI is InChI=1S/C30H50N2O5/c1-17(2)28(37)32-13-12-31-26(36)9-6-18(3)21-7-8-22-27-23(16-25(35)30(21,22)5)29(4)11-10-20(33)14-19(29)15-24(27)34/h18-25,27,33-35H,1,6-16H2,2-5H3,(H,31,36)(H,32,37)/t18-,19+,20-,21-,22+,23+,24-,25+,27+,29+,30-/m1/s1. The Balaban J connectivity index is 1.36. The molecule has 0 aromatic heterocycles. The van der Waals surface area contributed by atoms with Gasteiger partial charge in [0.15, 0.2) is 0 Å². The third kappa shape index (κ3) is 5.25. The zero-order valence-corrected chi connectivity index (χ0v) is 23.3. The molecule has 4 aliphatic carbocycles. The summed E-state index contributed by atoms with van der Waals surface area (Å²) in [5, 5.41) is 39.0. The van der Waals surface area contributed by atoms with Crippen molar-refractivity contribution < 1.29 is 24.9 Å². The third-order valence-corrected chi connectivity index (χ3v) is 11.5. The zero-order valence-electron chi connectivity index (χ0n) is 23.3. The molecule has 0 aromatic rings. The van der Waals surface area contributed by atoms with E-state index in [9.17, 15) is 24.9 Å². The molecule has 0 bridgehead atoms. The third-order valence-electron chi connectivity index (χ3n) is 11.5. The molecule has 4 rings (SSSR count). The molecule has 0 heterocycles. The lowest BCUT2D eigenvalue weighted by Gasteiger charge is -2.63. The Morgan fingerprint density at radius 2 is 1.70 bits per heavy atom. The van der Waals surface area contributed by atoms with Gasteiger partial charge in [-0.1, -0.05) is 27.4 Å². The van der Waals surface area contributed by atoms with Gasteiger partial charge in [-0.05, 0) is 105 Å². The maximum atomic E-state index is 12.4. The first kappa shape index (κ1) is 28.6. The van der Waals surface area contributed by atoms with Crippen LogP contribution in [0, 0.1) is 46.3 Å². The maximum Gasteiger partial charge on any atom is 0.246 e. The molecular formula is C30H50N2O5. The van der Waals surface area contributed by atoms with E-state index in [1.807, 2.05) is 0 Å². The second-order valence-electron chi connectivity index (χ2n) is 13.4. The van der Waals surface area contributed by atoms with Crippen LogP contribution in [0.4, 0.5) is 0 Å². The highest BCUT2D eigenvalue weighted by Gasteiger charge is 2.65. The number of carbonyl (C=O) groups is 2. The number of hydrogen-bond donors (Lipinski definition) is 5. The van der Waals surface area contributed by atoms with Gasteiger partial charge in [0.05, 0.1) is 18.3 Å². The van der Waals surface area contributed by atoms with Crippen LogP contribution in [-0.4, -0.2) is 58.5 Å². The van der Waals surface area contributed by atoms with Crippen LogP contribution in [0.2, 0.25) is 0 Å². The second kappa shape index (κ2) is 11.0. The van der Waals surface area contributed by atoms with Gasteiger partial charge in [0, 0.05) is 25.1 Å². The van der Waals surface area contributed by atoms with Gasteiger partial charge in [-0.2, -0.15) is 0 Å². The van der Waals surface area contributed by atoms with Gasteiger partial charge < -0.3 is 26.0 Å². The number of aliphatic hydroxyl groups excluding tert-OH is 3. The van der Waals surface area contributed by atoms with E-state index in [0.717, 1.165) is 51.4 Å². The van der Waals surface area contributed by atoms with Crippen molar-refractivity contribution in [2.75, 3.05) is 13.1 Å². The lowest BCUT2D eigenvalue weighted by Crippen LogP contribution is -2.62. The minimum Gasteiger partial charge on any atom is -0.393 e. The van der Waals surface area contributed by atoms with Crippen LogP contribution in [0.15, 0.2) is 12.2 Å². The van der Waals surface area contributed by atoms with Gasteiger partial charge in [-0.25, -0.2) is 0 Å². The number of aliphatic hydroxyl groups is 3. The lowest BCUT2D eigenvalue weighted by atomic mass is 9.43. The molecule has 7 nitrogen and oxygen atoms in total. The largest absolute Gasteiger partial charge is 0.393 e. The molecule has 5 N–H and O–H groups in total. The van der Waals surface area contributed by atoms with E-state index in [0.29, 0.717) is 54.7 Å². The molecule has 0 unspecified atom stereocenters. The predicted octanol–water partition coefficient (Wildman–Crippen LogP) is 3.17. The van der Waals surface area contributed by atoms with Gasteiger partial charge in [0.2, 0.25) is 11.8 Å². The van der Waals surface area contributed by atoms with E-state index in [2.05, 4.69) is 38.0 Å². The van der Waals surface area contributed by atoms with E-state index in [4.69, 9.17) is 0 Å². The molecule has 0 aromatic carbocycles. The van der Waals surface area contributed by atoms with Crippen LogP contribution in [0.3, 0.4) is 0 Å². The number of amides is 2. The number of nitrogens with one attached hydrogen (secondary N) is 2. The number of rotatable bonds is 8. The van der Waals surface area contributed by atoms with E-state index in [-0.39, 0.29) is 40.8 Å². The van der Waals surface area contributed by atoms with Gasteiger partial charge in [-0.15, -0.1) is 0 Å². The van der Waals surface area contributed by atoms with Crippen molar-refractivity contribution in [2.45, 2.75) is 104 Å². The first-order chi connectivity index (χ1) is 17.4. The summed E-state index contributed by atoms with van der Waals surface area (Å²) in [6.45, 7) is 12.9. The molecular weight excluding hydrogens is 468 g/mol. The van der Waals surface area contributed by atoms with E-state index >= 15 is 0 Å². The summed E-state index contributed by atoms with van der Waals surface area (Å²) in [5.74, 6) is 1.53. The zero-order chi connectivity index (χ0) is 27.1. The summed E-state index contributed by atoms with van der Waals surface area (Å²) in [5.41, 5.74) is 0.284. The minimum absolute atomic E-state index is 0.0125. The van der Waals surface area contributed by atoms with Gasteiger partial charge >= 0.3 is 0 Å². The summed E-state index contributed by atoms with van der Waals surface area (Å²) < 4.78 is 0. The first-order valence-corrected chi connectivity index (χ1v) is 14.6. The fourth-order valence-electron chi connectivity index (χ4n) is 9.31. The second-order valence-corrected chi connectivity index (χ2v) is 13.4. The molecule has 7 heteroatoms. The number of carbonyl (C=O) groups excluding carboxylic acids is 2. The molecule has 0 aliphatic heterocycles. The van der Waals surface area contributed by atoms with Crippen molar-refractivity contribution in [1.29, 1.82) is 0 Å². The van der Waals surface area contributed by atoms with Crippen molar-refractivity contribution in [3.05, 3.63) is 12.2 Å². The summed E-state index contributed by atoms with van der Waals surface area (Å²) >= 11 is 0. The van der Waals surface area contributed by atoms with E-state index < -0.39 is 6.10 Å². The Morgan fingerprint density at radius 3 is 2.41 bits per heavy atom. The molecule has 0 radical (unpaired) electrons. The molecule has 4 aliphatic rings. The maximum absolute atomic E-state index is 12.4. The molecule has 11 atom stereocenters. The van der Waals surface area contributed by atoms with Crippen LogP contribution < -0.4 is 10.6 Å². The number of hydrogen-bond acceptors (Lipinski definition) is 5. The molecule has 2 amide bonds. The molecule has 0 spiro atoms. The SMILES string of the molecule is C=C(C)C(=O)NCCNC(=O)CC[C@@H](C)[C@H]1CC[C@H]2[C@@H]3[C@H](O)C[C@@H]4C[C@H](O)CC[C@]4(C)[C@H]3C[C@H](O)[C@]12C. The van der Waals surface area contributed by atoms with Crippen molar-refractivity contribution >= 4 is 11.8 Å². The highest BCUT2D eigenvalue weighted by molar-refractivity contribution is 5.92. The van der Waals surface area contributed by atoms with Gasteiger partial charge in [-0.3, -0.25) is 9.59 Å². The average Bonchev–Trinajstić information content (AvgIpc) is 3.20. The van der Waals surface area contributed by atoms with Crippen molar-refractivity contribution in [1.82, 2.24) is 10.6 Å². The van der Waals surface area contributed by atoms with Crippen molar-refractivity contribution in [2.24, 2.45) is 46.3 Å².